The Labute approximate surface area is 112 Å². The third-order valence-corrected chi connectivity index (χ3v) is 3.53. The molecule has 1 amide bonds. The van der Waals surface area contributed by atoms with Crippen LogP contribution in [0, 0.1) is 11.2 Å². The minimum absolute atomic E-state index is 0.0969. The van der Waals surface area contributed by atoms with Crippen LogP contribution >= 0.6 is 15.9 Å². The maximum atomic E-state index is 13.1. The minimum Gasteiger partial charge on any atom is -0.480 e. The van der Waals surface area contributed by atoms with Crippen molar-refractivity contribution in [2.24, 2.45) is 5.41 Å². The summed E-state index contributed by atoms with van der Waals surface area (Å²) in [5.74, 6) is -2.35. The molecule has 98 valence electrons. The zero-order chi connectivity index (χ0) is 13.9. The van der Waals surface area contributed by atoms with E-state index in [1.54, 1.807) is 0 Å². The molecule has 1 unspecified atom stereocenters. The summed E-state index contributed by atoms with van der Waals surface area (Å²) in [6.07, 6.45) is -0.0969. The molecule has 0 fully saturated rings. The van der Waals surface area contributed by atoms with E-state index in [2.05, 4.69) is 21.2 Å². The first kappa shape index (κ1) is 14.6. The van der Waals surface area contributed by atoms with Crippen LogP contribution in [0.15, 0.2) is 22.7 Å². The number of benzene rings is 1. The summed E-state index contributed by atoms with van der Waals surface area (Å²) in [5.41, 5.74) is -1.20. The van der Waals surface area contributed by atoms with Crippen LogP contribution in [0.1, 0.15) is 12.5 Å². The molecule has 1 atom stereocenters. The first-order valence-corrected chi connectivity index (χ1v) is 6.00. The second-order valence-electron chi connectivity index (χ2n) is 4.13. The van der Waals surface area contributed by atoms with Crippen LogP contribution in [0.3, 0.4) is 0 Å². The molecule has 1 aromatic rings. The van der Waals surface area contributed by atoms with Gasteiger partial charge in [-0.1, -0.05) is 15.9 Å². The van der Waals surface area contributed by atoms with Crippen LogP contribution < -0.4 is 5.32 Å². The van der Waals surface area contributed by atoms with Gasteiger partial charge < -0.3 is 10.4 Å². The normalized spacial score (nSPS) is 13.8. The van der Waals surface area contributed by atoms with Gasteiger partial charge in [0.1, 0.15) is 11.2 Å². The van der Waals surface area contributed by atoms with Crippen LogP contribution in [0.4, 0.5) is 4.39 Å². The van der Waals surface area contributed by atoms with Gasteiger partial charge in [-0.15, -0.1) is 0 Å². The molecular formula is C12H13BrFNO3. The molecule has 2 N–H and O–H groups in total. The molecule has 0 aliphatic rings. The summed E-state index contributed by atoms with van der Waals surface area (Å²) in [6, 6.07) is 3.95. The molecule has 0 aliphatic heterocycles. The summed E-state index contributed by atoms with van der Waals surface area (Å²) in [4.78, 5) is 22.9. The van der Waals surface area contributed by atoms with Crippen molar-refractivity contribution in [1.29, 1.82) is 0 Å². The highest BCUT2D eigenvalue weighted by molar-refractivity contribution is 9.10. The van der Waals surface area contributed by atoms with Gasteiger partial charge in [-0.3, -0.25) is 9.59 Å². The summed E-state index contributed by atoms with van der Waals surface area (Å²) in [6.45, 7) is 1.31. The minimum atomic E-state index is -1.63. The molecule has 0 saturated carbocycles. The van der Waals surface area contributed by atoms with E-state index in [1.165, 1.54) is 32.2 Å². The number of carboxylic acid groups (broad SMARTS) is 1. The Morgan fingerprint density at radius 2 is 2.11 bits per heavy atom. The Balaban J connectivity index is 3.15. The molecule has 18 heavy (non-hydrogen) atoms. The highest BCUT2D eigenvalue weighted by Gasteiger charge is 2.41. The van der Waals surface area contributed by atoms with Crippen LogP contribution in [0.2, 0.25) is 0 Å². The van der Waals surface area contributed by atoms with E-state index in [1.807, 2.05) is 0 Å². The summed E-state index contributed by atoms with van der Waals surface area (Å²) in [5, 5.41) is 11.5. The van der Waals surface area contributed by atoms with Crippen molar-refractivity contribution in [3.05, 3.63) is 34.1 Å². The standard InChI is InChI=1S/C12H13BrFNO3/c1-12(11(17)18,10(16)15-2)6-7-5-8(14)3-4-9(7)13/h3-5H,6H2,1-2H3,(H,15,16)(H,17,18). The summed E-state index contributed by atoms with van der Waals surface area (Å²) in [7, 11) is 1.37. The molecular weight excluding hydrogens is 305 g/mol. The van der Waals surface area contributed by atoms with E-state index in [0.717, 1.165) is 0 Å². The van der Waals surface area contributed by atoms with Crippen LogP contribution in [0.5, 0.6) is 0 Å². The Bertz CT molecular complexity index is 492. The fourth-order valence-corrected chi connectivity index (χ4v) is 1.98. The summed E-state index contributed by atoms with van der Waals surface area (Å²) >= 11 is 3.21. The molecule has 0 saturated heterocycles. The first-order chi connectivity index (χ1) is 8.31. The van der Waals surface area contributed by atoms with Gasteiger partial charge in [0, 0.05) is 11.5 Å². The van der Waals surface area contributed by atoms with Gasteiger partial charge in [0.2, 0.25) is 5.91 Å². The highest BCUT2D eigenvalue weighted by atomic mass is 79.9. The van der Waals surface area contributed by atoms with Gasteiger partial charge in [-0.05, 0) is 37.1 Å². The lowest BCUT2D eigenvalue weighted by Crippen LogP contribution is -2.44. The van der Waals surface area contributed by atoms with Crippen molar-refractivity contribution in [3.8, 4) is 0 Å². The number of amides is 1. The highest BCUT2D eigenvalue weighted by Crippen LogP contribution is 2.28. The summed E-state index contributed by atoms with van der Waals surface area (Å²) < 4.78 is 13.7. The van der Waals surface area contributed by atoms with Crippen LogP contribution in [-0.4, -0.2) is 24.0 Å². The van der Waals surface area contributed by atoms with E-state index in [4.69, 9.17) is 0 Å². The number of hydrogen-bond acceptors (Lipinski definition) is 2. The first-order valence-electron chi connectivity index (χ1n) is 5.20. The number of carbonyl (C=O) groups excluding carboxylic acids is 1. The van der Waals surface area contributed by atoms with E-state index >= 15 is 0 Å². The third kappa shape index (κ3) is 2.87. The van der Waals surface area contributed by atoms with Gasteiger partial charge in [0.05, 0.1) is 0 Å². The molecule has 0 radical (unpaired) electrons. The van der Waals surface area contributed by atoms with Gasteiger partial charge in [0.15, 0.2) is 0 Å². The predicted octanol–water partition coefficient (Wildman–Crippen LogP) is 1.97. The molecule has 0 bridgehead atoms. The average molecular weight is 318 g/mol. The number of carbonyl (C=O) groups is 2. The lowest BCUT2D eigenvalue weighted by atomic mass is 9.82. The van der Waals surface area contributed by atoms with Gasteiger partial charge in [-0.2, -0.15) is 0 Å². The molecule has 0 heterocycles. The Morgan fingerprint density at radius 3 is 2.61 bits per heavy atom. The van der Waals surface area contributed by atoms with E-state index in [0.29, 0.717) is 10.0 Å². The fraction of sp³-hybridized carbons (Fsp3) is 0.333. The van der Waals surface area contributed by atoms with Crippen LogP contribution in [-0.2, 0) is 16.0 Å². The molecule has 4 nitrogen and oxygen atoms in total. The van der Waals surface area contributed by atoms with Gasteiger partial charge >= 0.3 is 5.97 Å². The maximum absolute atomic E-state index is 13.1. The van der Waals surface area contributed by atoms with Crippen LogP contribution in [0.25, 0.3) is 0 Å². The fourth-order valence-electron chi connectivity index (χ4n) is 1.59. The molecule has 0 aliphatic carbocycles. The molecule has 0 spiro atoms. The van der Waals surface area contributed by atoms with E-state index in [9.17, 15) is 19.1 Å². The monoisotopic (exact) mass is 317 g/mol. The number of carboxylic acids is 1. The zero-order valence-electron chi connectivity index (χ0n) is 9.96. The Kier molecular flexibility index (Phi) is 4.45. The van der Waals surface area contributed by atoms with Crippen molar-refractivity contribution in [3.63, 3.8) is 0 Å². The number of hydrogen-bond donors (Lipinski definition) is 2. The van der Waals surface area contributed by atoms with E-state index in [-0.39, 0.29) is 6.42 Å². The lowest BCUT2D eigenvalue weighted by molar-refractivity contribution is -0.154. The maximum Gasteiger partial charge on any atom is 0.319 e. The Morgan fingerprint density at radius 1 is 1.50 bits per heavy atom. The zero-order valence-corrected chi connectivity index (χ0v) is 11.5. The van der Waals surface area contributed by atoms with Gasteiger partial charge in [0.25, 0.3) is 0 Å². The number of halogens is 2. The van der Waals surface area contributed by atoms with Crippen molar-refractivity contribution in [2.75, 3.05) is 7.05 Å². The second-order valence-corrected chi connectivity index (χ2v) is 4.98. The number of nitrogens with one attached hydrogen (secondary N) is 1. The van der Waals surface area contributed by atoms with Gasteiger partial charge in [-0.25, -0.2) is 4.39 Å². The lowest BCUT2D eigenvalue weighted by Gasteiger charge is -2.23. The SMILES string of the molecule is CNC(=O)C(C)(Cc1cc(F)ccc1Br)C(=O)O. The largest absolute Gasteiger partial charge is 0.480 e. The van der Waals surface area contributed by atoms with E-state index < -0.39 is 23.1 Å². The topological polar surface area (TPSA) is 66.4 Å². The quantitative estimate of drug-likeness (QED) is 0.834. The second kappa shape index (κ2) is 5.48. The molecule has 6 heteroatoms. The average Bonchev–Trinajstić information content (AvgIpc) is 2.32. The predicted molar refractivity (Wildman–Crippen MR) is 67.6 cm³/mol. The molecule has 0 aromatic heterocycles. The number of aliphatic carboxylic acids is 1. The number of rotatable bonds is 4. The van der Waals surface area contributed by atoms with Crippen molar-refractivity contribution in [2.45, 2.75) is 13.3 Å². The van der Waals surface area contributed by atoms with Crippen molar-refractivity contribution in [1.82, 2.24) is 5.32 Å². The van der Waals surface area contributed by atoms with Crippen molar-refractivity contribution < 1.29 is 19.1 Å². The Hall–Kier alpha value is -1.43. The smallest absolute Gasteiger partial charge is 0.319 e. The molecule has 1 rings (SSSR count). The molecule has 1 aromatic carbocycles. The third-order valence-electron chi connectivity index (χ3n) is 2.75. The van der Waals surface area contributed by atoms with Crippen molar-refractivity contribution >= 4 is 27.8 Å².